The molecule has 0 spiro atoms. The molecule has 5 nitrogen and oxygen atoms in total. The molecule has 0 aliphatic rings. The van der Waals surface area contributed by atoms with Crippen molar-refractivity contribution in [3.8, 4) is 6.07 Å². The molecule has 0 rings (SSSR count). The van der Waals surface area contributed by atoms with E-state index in [1.54, 1.807) is 19.9 Å². The summed E-state index contributed by atoms with van der Waals surface area (Å²) >= 11 is 0. The molecule has 0 aliphatic carbocycles. The molecule has 0 N–H and O–H groups in total. The minimum atomic E-state index is -0.292. The van der Waals surface area contributed by atoms with Crippen LogP contribution in [0.5, 0.6) is 0 Å². The lowest BCUT2D eigenvalue weighted by Crippen LogP contribution is -2.11. The molecule has 0 aliphatic heterocycles. The monoisotopic (exact) mass is 221 g/mol. The molecule has 0 heterocycles. The quantitative estimate of drug-likeness (QED) is 0.283. The number of carbonyl (C=O) groups excluding carboxylic acids is 2. The molecule has 2 unspecified atom stereocenters. The van der Waals surface area contributed by atoms with Crippen molar-refractivity contribution in [1.82, 2.24) is 0 Å². The Bertz CT molecular complexity index is 329. The number of nitriles is 1. The van der Waals surface area contributed by atoms with Crippen molar-refractivity contribution in [2.24, 2.45) is 22.1 Å². The van der Waals surface area contributed by atoms with Gasteiger partial charge in [0, 0.05) is 17.9 Å². The molecule has 0 radical (unpaired) electrons. The first-order valence-corrected chi connectivity index (χ1v) is 5.00. The molecule has 0 saturated carbocycles. The van der Waals surface area contributed by atoms with Crippen molar-refractivity contribution in [3.63, 3.8) is 0 Å². The standard InChI is InChI=1S/C11H15N3O2/c1-9(8-15)6-13-14-7-10(2)11(16)4-3-5-12/h3-4,8-10H,6-7H2,1-2H3/b4-3+,14-13?. The number of ketones is 1. The van der Waals surface area contributed by atoms with E-state index < -0.39 is 0 Å². The molecule has 0 aromatic carbocycles. The highest BCUT2D eigenvalue weighted by Crippen LogP contribution is 2.00. The number of nitrogens with zero attached hydrogens (tertiary/aromatic N) is 3. The summed E-state index contributed by atoms with van der Waals surface area (Å²) in [5.41, 5.74) is 0. The van der Waals surface area contributed by atoms with E-state index in [4.69, 9.17) is 5.26 Å². The van der Waals surface area contributed by atoms with Gasteiger partial charge in [0.05, 0.1) is 19.2 Å². The number of hydrogen-bond donors (Lipinski definition) is 0. The molecule has 0 amide bonds. The van der Waals surface area contributed by atoms with Gasteiger partial charge >= 0.3 is 0 Å². The predicted octanol–water partition coefficient (Wildman–Crippen LogP) is 1.56. The Labute approximate surface area is 94.9 Å². The summed E-state index contributed by atoms with van der Waals surface area (Å²) in [6.07, 6.45) is 3.18. The molecule has 86 valence electrons. The molecular weight excluding hydrogens is 206 g/mol. The smallest absolute Gasteiger partial charge is 0.161 e. The summed E-state index contributed by atoms with van der Waals surface area (Å²) in [5, 5.41) is 15.8. The number of aldehydes is 1. The Balaban J connectivity index is 3.93. The van der Waals surface area contributed by atoms with Gasteiger partial charge in [-0.1, -0.05) is 13.8 Å². The summed E-state index contributed by atoms with van der Waals surface area (Å²) in [5.74, 6) is -0.586. The fourth-order valence-corrected chi connectivity index (χ4v) is 0.783. The van der Waals surface area contributed by atoms with Crippen molar-refractivity contribution < 1.29 is 9.59 Å². The zero-order valence-electron chi connectivity index (χ0n) is 9.46. The van der Waals surface area contributed by atoms with E-state index in [1.807, 2.05) is 0 Å². The first-order valence-electron chi connectivity index (χ1n) is 5.00. The van der Waals surface area contributed by atoms with Crippen molar-refractivity contribution in [2.45, 2.75) is 13.8 Å². The van der Waals surface area contributed by atoms with Crippen LogP contribution < -0.4 is 0 Å². The van der Waals surface area contributed by atoms with Crippen LogP contribution >= 0.6 is 0 Å². The minimum absolute atomic E-state index is 0.145. The molecule has 0 bridgehead atoms. The maximum atomic E-state index is 11.3. The van der Waals surface area contributed by atoms with E-state index in [0.717, 1.165) is 12.4 Å². The predicted molar refractivity (Wildman–Crippen MR) is 58.7 cm³/mol. The van der Waals surface area contributed by atoms with Gasteiger partial charge in [-0.3, -0.25) is 4.79 Å². The van der Waals surface area contributed by atoms with Crippen LogP contribution in [0.3, 0.4) is 0 Å². The van der Waals surface area contributed by atoms with Crippen molar-refractivity contribution in [3.05, 3.63) is 12.2 Å². The minimum Gasteiger partial charge on any atom is -0.303 e. The second-order valence-corrected chi connectivity index (χ2v) is 3.53. The Kier molecular flexibility index (Phi) is 7.51. The lowest BCUT2D eigenvalue weighted by molar-refractivity contribution is -0.117. The van der Waals surface area contributed by atoms with Gasteiger partial charge in [0.1, 0.15) is 6.29 Å². The highest BCUT2D eigenvalue weighted by Gasteiger charge is 2.08. The zero-order chi connectivity index (χ0) is 12.4. The number of allylic oxidation sites excluding steroid dienone is 2. The van der Waals surface area contributed by atoms with Gasteiger partial charge in [0.25, 0.3) is 0 Å². The highest BCUT2D eigenvalue weighted by molar-refractivity contribution is 5.91. The average molecular weight is 221 g/mol. The first kappa shape index (κ1) is 14.2. The zero-order valence-corrected chi connectivity index (χ0v) is 9.46. The lowest BCUT2D eigenvalue weighted by Gasteiger charge is -2.01. The van der Waals surface area contributed by atoms with Crippen LogP contribution in [0.15, 0.2) is 22.4 Å². The van der Waals surface area contributed by atoms with Crippen LogP contribution in [-0.2, 0) is 9.59 Å². The molecule has 0 saturated heterocycles. The third-order valence-corrected chi connectivity index (χ3v) is 1.87. The molecule has 0 aromatic heterocycles. The maximum Gasteiger partial charge on any atom is 0.161 e. The topological polar surface area (TPSA) is 82.7 Å². The normalized spacial score (nSPS) is 14.8. The van der Waals surface area contributed by atoms with Crippen LogP contribution in [0.2, 0.25) is 0 Å². The Morgan fingerprint density at radius 3 is 2.56 bits per heavy atom. The largest absolute Gasteiger partial charge is 0.303 e. The van der Waals surface area contributed by atoms with E-state index in [2.05, 4.69) is 10.2 Å². The van der Waals surface area contributed by atoms with Crippen LogP contribution in [0.4, 0.5) is 0 Å². The van der Waals surface area contributed by atoms with Crippen molar-refractivity contribution in [2.75, 3.05) is 13.1 Å². The van der Waals surface area contributed by atoms with Crippen LogP contribution in [0, 0.1) is 23.2 Å². The van der Waals surface area contributed by atoms with Crippen molar-refractivity contribution >= 4 is 12.1 Å². The molecule has 0 aromatic rings. The third-order valence-electron chi connectivity index (χ3n) is 1.87. The fraction of sp³-hybridized carbons (Fsp3) is 0.545. The van der Waals surface area contributed by atoms with Gasteiger partial charge in [-0.25, -0.2) is 0 Å². The molecule has 0 fully saturated rings. The SMILES string of the molecule is CC(C=O)CN=NCC(C)C(=O)/C=C/C#N. The molecule has 5 heteroatoms. The fourth-order valence-electron chi connectivity index (χ4n) is 0.783. The van der Waals surface area contributed by atoms with E-state index in [-0.39, 0.29) is 24.2 Å². The highest BCUT2D eigenvalue weighted by atomic mass is 16.1. The van der Waals surface area contributed by atoms with Crippen LogP contribution in [0.25, 0.3) is 0 Å². The molecule has 2 atom stereocenters. The Morgan fingerprint density at radius 2 is 2.00 bits per heavy atom. The number of carbonyl (C=O) groups is 2. The van der Waals surface area contributed by atoms with E-state index in [9.17, 15) is 9.59 Å². The Hall–Kier alpha value is -1.83. The van der Waals surface area contributed by atoms with Crippen LogP contribution in [-0.4, -0.2) is 25.2 Å². The van der Waals surface area contributed by atoms with Gasteiger partial charge in [-0.15, -0.1) is 0 Å². The maximum absolute atomic E-state index is 11.3. The summed E-state index contributed by atoms with van der Waals surface area (Å²) in [7, 11) is 0. The first-order chi connectivity index (χ1) is 7.61. The number of hydrogen-bond acceptors (Lipinski definition) is 5. The second kappa shape index (κ2) is 8.48. The van der Waals surface area contributed by atoms with E-state index in [1.165, 1.54) is 6.08 Å². The van der Waals surface area contributed by atoms with E-state index in [0.29, 0.717) is 6.54 Å². The van der Waals surface area contributed by atoms with Gasteiger partial charge in [-0.05, 0) is 6.08 Å². The average Bonchev–Trinajstić information content (AvgIpc) is 2.30. The van der Waals surface area contributed by atoms with Crippen LogP contribution in [0.1, 0.15) is 13.8 Å². The summed E-state index contributed by atoms with van der Waals surface area (Å²) in [6, 6.07) is 1.75. The summed E-state index contributed by atoms with van der Waals surface area (Å²) < 4.78 is 0. The third kappa shape index (κ3) is 6.60. The van der Waals surface area contributed by atoms with E-state index >= 15 is 0 Å². The molecule has 16 heavy (non-hydrogen) atoms. The van der Waals surface area contributed by atoms with Crippen molar-refractivity contribution in [1.29, 1.82) is 5.26 Å². The van der Waals surface area contributed by atoms with Gasteiger partial charge in [0.2, 0.25) is 0 Å². The number of rotatable bonds is 7. The van der Waals surface area contributed by atoms with Gasteiger partial charge in [0.15, 0.2) is 5.78 Å². The van der Waals surface area contributed by atoms with Gasteiger partial charge < -0.3 is 4.79 Å². The molecular formula is C11H15N3O2. The number of azo groups is 1. The van der Waals surface area contributed by atoms with Gasteiger partial charge in [-0.2, -0.15) is 15.5 Å². The second-order valence-electron chi connectivity index (χ2n) is 3.53. The lowest BCUT2D eigenvalue weighted by atomic mass is 10.1. The summed E-state index contributed by atoms with van der Waals surface area (Å²) in [6.45, 7) is 4.08. The summed E-state index contributed by atoms with van der Waals surface area (Å²) in [4.78, 5) is 21.6. The Morgan fingerprint density at radius 1 is 1.38 bits per heavy atom.